The van der Waals surface area contributed by atoms with Gasteiger partial charge in [-0.15, -0.1) is 0 Å². The van der Waals surface area contributed by atoms with Gasteiger partial charge in [-0.1, -0.05) is 26.8 Å². The second kappa shape index (κ2) is 5.62. The van der Waals surface area contributed by atoms with E-state index >= 15 is 0 Å². The average molecular weight is 352 g/mol. The molecular formula is C20H16O6. The zero-order valence-electron chi connectivity index (χ0n) is 14.4. The van der Waals surface area contributed by atoms with E-state index in [0.717, 1.165) is 11.6 Å². The maximum Gasteiger partial charge on any atom is 0.337 e. The Bertz CT molecular complexity index is 1010. The summed E-state index contributed by atoms with van der Waals surface area (Å²) in [6.07, 6.45) is 0. The molecule has 0 heterocycles. The van der Waals surface area contributed by atoms with Crippen LogP contribution in [0.15, 0.2) is 30.3 Å². The molecule has 0 aromatic heterocycles. The summed E-state index contributed by atoms with van der Waals surface area (Å²) < 4.78 is 0. The van der Waals surface area contributed by atoms with Crippen molar-refractivity contribution < 1.29 is 29.4 Å². The molecule has 3 rings (SSSR count). The highest BCUT2D eigenvalue weighted by Crippen LogP contribution is 2.34. The number of aromatic carboxylic acids is 2. The number of hydrogen-bond donors (Lipinski definition) is 2. The molecule has 1 aliphatic carbocycles. The number of carbonyl (C=O) groups is 4. The number of carboxylic acids is 2. The maximum absolute atomic E-state index is 12.9. The number of ketones is 2. The van der Waals surface area contributed by atoms with Crippen LogP contribution in [0.1, 0.15) is 78.9 Å². The molecule has 0 aliphatic heterocycles. The lowest BCUT2D eigenvalue weighted by Gasteiger charge is -2.24. The Labute approximate surface area is 149 Å². The molecule has 0 bridgehead atoms. The SMILES string of the molecule is CC(C)(C)c1ccc2c(c1)C(=O)c1ccc(C(=O)O)c(C(=O)O)c1C2=O. The van der Waals surface area contributed by atoms with Crippen LogP contribution in [0, 0.1) is 0 Å². The van der Waals surface area contributed by atoms with E-state index in [1.165, 1.54) is 12.1 Å². The first-order valence-electron chi connectivity index (χ1n) is 7.91. The molecule has 6 heteroatoms. The Kier molecular flexibility index (Phi) is 3.79. The van der Waals surface area contributed by atoms with Crippen LogP contribution < -0.4 is 0 Å². The minimum absolute atomic E-state index is 0.0838. The molecule has 2 N–H and O–H groups in total. The van der Waals surface area contributed by atoms with E-state index in [-0.39, 0.29) is 27.7 Å². The molecule has 6 nitrogen and oxygen atoms in total. The van der Waals surface area contributed by atoms with Crippen molar-refractivity contribution in [2.45, 2.75) is 26.2 Å². The number of benzene rings is 2. The van der Waals surface area contributed by atoms with E-state index in [2.05, 4.69) is 0 Å². The minimum atomic E-state index is -1.56. The standard InChI is InChI=1S/C20H16O6/c1-20(2,3)9-4-5-10-13(8-9)16(21)11-6-7-12(18(23)24)15(19(25)26)14(11)17(10)22/h4-8H,1-3H3,(H,23,24)(H,25,26). The zero-order chi connectivity index (χ0) is 19.4. The van der Waals surface area contributed by atoms with Gasteiger partial charge < -0.3 is 10.2 Å². The highest BCUT2D eigenvalue weighted by atomic mass is 16.4. The third-order valence-electron chi connectivity index (χ3n) is 4.50. The summed E-state index contributed by atoms with van der Waals surface area (Å²) in [4.78, 5) is 48.8. The van der Waals surface area contributed by atoms with Crippen molar-refractivity contribution in [1.29, 1.82) is 0 Å². The Morgan fingerprint density at radius 2 is 1.42 bits per heavy atom. The maximum atomic E-state index is 12.9. The lowest BCUT2D eigenvalue weighted by Crippen LogP contribution is -2.26. The molecule has 26 heavy (non-hydrogen) atoms. The summed E-state index contributed by atoms with van der Waals surface area (Å²) in [5.74, 6) is -4.18. The van der Waals surface area contributed by atoms with E-state index in [1.807, 2.05) is 20.8 Å². The molecular weight excluding hydrogens is 336 g/mol. The summed E-state index contributed by atoms with van der Waals surface area (Å²) in [6.45, 7) is 5.92. The second-order valence-electron chi connectivity index (χ2n) is 7.19. The van der Waals surface area contributed by atoms with Gasteiger partial charge in [-0.3, -0.25) is 9.59 Å². The van der Waals surface area contributed by atoms with Gasteiger partial charge in [0.05, 0.1) is 11.1 Å². The molecule has 0 radical (unpaired) electrons. The van der Waals surface area contributed by atoms with Crippen molar-refractivity contribution in [2.75, 3.05) is 0 Å². The van der Waals surface area contributed by atoms with Gasteiger partial charge in [-0.25, -0.2) is 9.59 Å². The molecule has 0 unspecified atom stereocenters. The summed E-state index contributed by atoms with van der Waals surface area (Å²) in [6, 6.07) is 7.12. The van der Waals surface area contributed by atoms with Crippen molar-refractivity contribution in [3.63, 3.8) is 0 Å². The second-order valence-corrected chi connectivity index (χ2v) is 7.19. The first-order valence-corrected chi connectivity index (χ1v) is 7.91. The predicted molar refractivity (Wildman–Crippen MR) is 92.4 cm³/mol. The monoisotopic (exact) mass is 352 g/mol. The Hall–Kier alpha value is -3.28. The van der Waals surface area contributed by atoms with Crippen LogP contribution in [0.2, 0.25) is 0 Å². The normalized spacial score (nSPS) is 13.2. The quantitative estimate of drug-likeness (QED) is 0.733. The summed E-state index contributed by atoms with van der Waals surface area (Å²) in [5, 5.41) is 18.7. The number of hydrogen-bond acceptors (Lipinski definition) is 4. The fourth-order valence-electron chi connectivity index (χ4n) is 3.10. The van der Waals surface area contributed by atoms with E-state index in [1.54, 1.807) is 12.1 Å². The average Bonchev–Trinajstić information content (AvgIpc) is 2.56. The molecule has 0 atom stereocenters. The van der Waals surface area contributed by atoms with Crippen LogP contribution in [0.5, 0.6) is 0 Å². The third-order valence-corrected chi connectivity index (χ3v) is 4.50. The lowest BCUT2D eigenvalue weighted by molar-refractivity contribution is 0.0649. The van der Waals surface area contributed by atoms with Gasteiger partial charge >= 0.3 is 11.9 Å². The van der Waals surface area contributed by atoms with Gasteiger partial charge in [0.25, 0.3) is 0 Å². The van der Waals surface area contributed by atoms with Gasteiger partial charge in [-0.05, 0) is 35.2 Å². The van der Waals surface area contributed by atoms with Crippen LogP contribution in [0.3, 0.4) is 0 Å². The van der Waals surface area contributed by atoms with Gasteiger partial charge in [0.1, 0.15) is 0 Å². The Morgan fingerprint density at radius 1 is 0.808 bits per heavy atom. The Morgan fingerprint density at radius 3 is 1.96 bits per heavy atom. The Balaban J connectivity index is 2.32. The lowest BCUT2D eigenvalue weighted by atomic mass is 9.77. The van der Waals surface area contributed by atoms with Crippen molar-refractivity contribution in [3.05, 3.63) is 69.3 Å². The van der Waals surface area contributed by atoms with Crippen LogP contribution in [-0.4, -0.2) is 33.7 Å². The fraction of sp³-hybridized carbons (Fsp3) is 0.200. The van der Waals surface area contributed by atoms with Crippen LogP contribution >= 0.6 is 0 Å². The van der Waals surface area contributed by atoms with Gasteiger partial charge in [0, 0.05) is 22.3 Å². The number of carboxylic acid groups (broad SMARTS) is 2. The smallest absolute Gasteiger partial charge is 0.337 e. The van der Waals surface area contributed by atoms with Crippen LogP contribution in [0.25, 0.3) is 0 Å². The van der Waals surface area contributed by atoms with E-state index < -0.39 is 34.6 Å². The van der Waals surface area contributed by atoms with Gasteiger partial charge in [0.2, 0.25) is 0 Å². The number of fused-ring (bicyclic) bond motifs is 2. The molecule has 0 fully saturated rings. The molecule has 0 amide bonds. The highest BCUT2D eigenvalue weighted by molar-refractivity contribution is 6.31. The molecule has 0 saturated carbocycles. The summed E-state index contributed by atoms with van der Waals surface area (Å²) >= 11 is 0. The minimum Gasteiger partial charge on any atom is -0.478 e. The zero-order valence-corrected chi connectivity index (χ0v) is 14.4. The van der Waals surface area contributed by atoms with Crippen molar-refractivity contribution in [2.24, 2.45) is 0 Å². The molecule has 132 valence electrons. The van der Waals surface area contributed by atoms with Crippen molar-refractivity contribution >= 4 is 23.5 Å². The third kappa shape index (κ3) is 2.50. The molecule has 2 aromatic carbocycles. The van der Waals surface area contributed by atoms with Gasteiger partial charge in [0.15, 0.2) is 11.6 Å². The number of carbonyl (C=O) groups excluding carboxylic acids is 2. The fourth-order valence-corrected chi connectivity index (χ4v) is 3.10. The molecule has 2 aromatic rings. The topological polar surface area (TPSA) is 109 Å². The summed E-state index contributed by atoms with van der Waals surface area (Å²) in [5.41, 5.74) is -0.713. The first-order chi connectivity index (χ1) is 12.0. The molecule has 0 saturated heterocycles. The van der Waals surface area contributed by atoms with Crippen molar-refractivity contribution in [3.8, 4) is 0 Å². The highest BCUT2D eigenvalue weighted by Gasteiger charge is 2.36. The van der Waals surface area contributed by atoms with E-state index in [9.17, 15) is 29.4 Å². The van der Waals surface area contributed by atoms with E-state index in [4.69, 9.17) is 0 Å². The van der Waals surface area contributed by atoms with E-state index in [0.29, 0.717) is 0 Å². The number of rotatable bonds is 2. The molecule has 1 aliphatic rings. The largest absolute Gasteiger partial charge is 0.478 e. The van der Waals surface area contributed by atoms with Crippen LogP contribution in [-0.2, 0) is 5.41 Å². The predicted octanol–water partition coefficient (Wildman–Crippen LogP) is 3.16. The van der Waals surface area contributed by atoms with Gasteiger partial charge in [-0.2, -0.15) is 0 Å². The summed E-state index contributed by atoms with van der Waals surface area (Å²) in [7, 11) is 0. The van der Waals surface area contributed by atoms with Crippen LogP contribution in [0.4, 0.5) is 0 Å². The van der Waals surface area contributed by atoms with Crippen molar-refractivity contribution in [1.82, 2.24) is 0 Å². The first kappa shape index (κ1) is 17.5. The molecule has 0 spiro atoms.